The molecule has 1 aromatic carbocycles. The molecule has 0 aliphatic carbocycles. The molecule has 0 bridgehead atoms. The molecule has 26 heavy (non-hydrogen) atoms. The van der Waals surface area contributed by atoms with Gasteiger partial charge in [0, 0.05) is 38.6 Å². The number of hydrogen-bond acceptors (Lipinski definition) is 3. The van der Waals surface area contributed by atoms with Gasteiger partial charge in [0.05, 0.1) is 18.1 Å². The van der Waals surface area contributed by atoms with Crippen molar-refractivity contribution in [2.75, 3.05) is 32.8 Å². The van der Waals surface area contributed by atoms with Crippen molar-refractivity contribution in [3.05, 3.63) is 35.9 Å². The van der Waals surface area contributed by atoms with Crippen molar-refractivity contribution in [1.82, 2.24) is 9.80 Å². The summed E-state index contributed by atoms with van der Waals surface area (Å²) in [5.41, 5.74) is 1.11. The lowest BCUT2D eigenvalue weighted by Crippen LogP contribution is -2.56. The number of piperidine rings is 1. The molecule has 0 N–H and O–H groups in total. The predicted octanol–water partition coefficient (Wildman–Crippen LogP) is 2.42. The third-order valence-electron chi connectivity index (χ3n) is 6.60. The quantitative estimate of drug-likeness (QED) is 0.836. The van der Waals surface area contributed by atoms with Crippen molar-refractivity contribution in [1.29, 1.82) is 0 Å². The Morgan fingerprint density at radius 1 is 1.23 bits per heavy atom. The van der Waals surface area contributed by atoms with Gasteiger partial charge in [-0.05, 0) is 31.7 Å². The molecule has 5 nitrogen and oxygen atoms in total. The zero-order chi connectivity index (χ0) is 18.1. The van der Waals surface area contributed by atoms with Gasteiger partial charge in [-0.2, -0.15) is 0 Å². The summed E-state index contributed by atoms with van der Waals surface area (Å²) < 4.78 is 5.39. The first-order valence-corrected chi connectivity index (χ1v) is 9.87. The van der Waals surface area contributed by atoms with Crippen molar-refractivity contribution < 1.29 is 14.3 Å². The third kappa shape index (κ3) is 2.82. The highest BCUT2D eigenvalue weighted by atomic mass is 16.5. The lowest BCUT2D eigenvalue weighted by molar-refractivity contribution is -0.139. The fourth-order valence-corrected chi connectivity index (χ4v) is 5.24. The highest BCUT2D eigenvalue weighted by molar-refractivity contribution is 5.82. The van der Waals surface area contributed by atoms with Crippen LogP contribution >= 0.6 is 0 Å². The smallest absolute Gasteiger partial charge is 0.228 e. The van der Waals surface area contributed by atoms with E-state index in [9.17, 15) is 9.59 Å². The summed E-state index contributed by atoms with van der Waals surface area (Å²) in [6, 6.07) is 10.4. The first-order chi connectivity index (χ1) is 12.7. The third-order valence-corrected chi connectivity index (χ3v) is 6.60. The Labute approximate surface area is 155 Å². The number of amides is 2. The number of hydrogen-bond donors (Lipinski definition) is 0. The fourth-order valence-electron chi connectivity index (χ4n) is 5.24. The van der Waals surface area contributed by atoms with Crippen LogP contribution in [0.2, 0.25) is 0 Å². The predicted molar refractivity (Wildman–Crippen MR) is 98.7 cm³/mol. The molecule has 2 atom stereocenters. The summed E-state index contributed by atoms with van der Waals surface area (Å²) in [6.07, 6.45) is 3.16. The number of rotatable bonds is 3. The van der Waals surface area contributed by atoms with Crippen LogP contribution in [0.25, 0.3) is 0 Å². The van der Waals surface area contributed by atoms with Gasteiger partial charge in [-0.1, -0.05) is 30.3 Å². The molecule has 3 saturated heterocycles. The average Bonchev–Trinajstić information content (AvgIpc) is 3.30. The van der Waals surface area contributed by atoms with E-state index in [4.69, 9.17) is 4.74 Å². The number of nitrogens with zero attached hydrogens (tertiary/aromatic N) is 2. The maximum absolute atomic E-state index is 12.7. The molecular weight excluding hydrogens is 328 g/mol. The van der Waals surface area contributed by atoms with Gasteiger partial charge in [0.15, 0.2) is 0 Å². The van der Waals surface area contributed by atoms with Gasteiger partial charge >= 0.3 is 0 Å². The number of likely N-dealkylation sites (tertiary alicyclic amines) is 2. The lowest BCUT2D eigenvalue weighted by Gasteiger charge is -2.48. The minimum atomic E-state index is -0.143. The van der Waals surface area contributed by atoms with Crippen molar-refractivity contribution in [2.45, 2.75) is 44.1 Å². The highest BCUT2D eigenvalue weighted by Crippen LogP contribution is 2.48. The molecular formula is C21H28N2O3. The van der Waals surface area contributed by atoms with E-state index in [-0.39, 0.29) is 29.2 Å². The van der Waals surface area contributed by atoms with Crippen LogP contribution in [0.1, 0.15) is 44.1 Å². The van der Waals surface area contributed by atoms with E-state index in [1.165, 1.54) is 5.56 Å². The number of ether oxygens (including phenoxy) is 1. The second-order valence-corrected chi connectivity index (χ2v) is 7.79. The van der Waals surface area contributed by atoms with Crippen molar-refractivity contribution in [2.24, 2.45) is 5.92 Å². The van der Waals surface area contributed by atoms with Gasteiger partial charge in [0.1, 0.15) is 0 Å². The Bertz CT molecular complexity index is 661. The molecule has 140 valence electrons. The van der Waals surface area contributed by atoms with E-state index >= 15 is 0 Å². The Morgan fingerprint density at radius 2 is 1.96 bits per heavy atom. The molecule has 2 amide bonds. The van der Waals surface area contributed by atoms with E-state index in [0.717, 1.165) is 38.9 Å². The summed E-state index contributed by atoms with van der Waals surface area (Å²) in [6.45, 7) is 5.55. The van der Waals surface area contributed by atoms with Crippen LogP contribution in [0, 0.1) is 5.92 Å². The van der Waals surface area contributed by atoms with E-state index < -0.39 is 0 Å². The molecule has 2 unspecified atom stereocenters. The molecule has 3 aliphatic heterocycles. The lowest BCUT2D eigenvalue weighted by atomic mass is 9.73. The summed E-state index contributed by atoms with van der Waals surface area (Å²) >= 11 is 0. The SMILES string of the molecule is CCN1C(=O)CC(c2ccccc2)C12CCN(C(=O)C1CCOC1)CC2. The van der Waals surface area contributed by atoms with Gasteiger partial charge in [-0.3, -0.25) is 9.59 Å². The normalized spacial score (nSPS) is 28.1. The van der Waals surface area contributed by atoms with Crippen molar-refractivity contribution >= 4 is 11.8 Å². The topological polar surface area (TPSA) is 49.9 Å². The Balaban J connectivity index is 1.55. The molecule has 1 aromatic rings. The molecule has 3 heterocycles. The number of carbonyl (C=O) groups is 2. The molecule has 0 radical (unpaired) electrons. The minimum absolute atomic E-state index is 0.0291. The minimum Gasteiger partial charge on any atom is -0.381 e. The summed E-state index contributed by atoms with van der Waals surface area (Å²) in [5, 5.41) is 0. The van der Waals surface area contributed by atoms with Crippen LogP contribution in [0.3, 0.4) is 0 Å². The maximum atomic E-state index is 12.7. The molecule has 0 saturated carbocycles. The van der Waals surface area contributed by atoms with Crippen molar-refractivity contribution in [3.8, 4) is 0 Å². The van der Waals surface area contributed by atoms with Gasteiger partial charge in [-0.25, -0.2) is 0 Å². The molecule has 5 heteroatoms. The maximum Gasteiger partial charge on any atom is 0.228 e. The van der Waals surface area contributed by atoms with Crippen LogP contribution < -0.4 is 0 Å². The van der Waals surface area contributed by atoms with Crippen LogP contribution in [0.5, 0.6) is 0 Å². The van der Waals surface area contributed by atoms with E-state index in [2.05, 4.69) is 36.1 Å². The summed E-state index contributed by atoms with van der Waals surface area (Å²) in [7, 11) is 0. The molecule has 0 aromatic heterocycles. The van der Waals surface area contributed by atoms with Gasteiger partial charge in [0.2, 0.25) is 11.8 Å². The summed E-state index contributed by atoms with van der Waals surface area (Å²) in [5.74, 6) is 0.746. The van der Waals surface area contributed by atoms with Crippen LogP contribution in [-0.4, -0.2) is 60.0 Å². The first kappa shape index (κ1) is 17.5. The molecule has 3 fully saturated rings. The average molecular weight is 356 g/mol. The largest absolute Gasteiger partial charge is 0.381 e. The Morgan fingerprint density at radius 3 is 2.58 bits per heavy atom. The molecule has 3 aliphatic rings. The van der Waals surface area contributed by atoms with Crippen LogP contribution in [-0.2, 0) is 14.3 Å². The second kappa shape index (κ2) is 7.03. The fraction of sp³-hybridized carbons (Fsp3) is 0.619. The standard InChI is InChI=1S/C21H28N2O3/c1-2-23-19(24)14-18(16-6-4-3-5-7-16)21(23)9-11-22(12-10-21)20(25)17-8-13-26-15-17/h3-7,17-18H,2,8-15H2,1H3. The zero-order valence-corrected chi connectivity index (χ0v) is 15.5. The molecule has 1 spiro atoms. The van der Waals surface area contributed by atoms with Gasteiger partial charge < -0.3 is 14.5 Å². The summed E-state index contributed by atoms with van der Waals surface area (Å²) in [4.78, 5) is 29.5. The highest BCUT2D eigenvalue weighted by Gasteiger charge is 2.54. The Kier molecular flexibility index (Phi) is 4.74. The van der Waals surface area contributed by atoms with Crippen molar-refractivity contribution in [3.63, 3.8) is 0 Å². The van der Waals surface area contributed by atoms with Crippen LogP contribution in [0.4, 0.5) is 0 Å². The van der Waals surface area contributed by atoms with Gasteiger partial charge in [-0.15, -0.1) is 0 Å². The van der Waals surface area contributed by atoms with E-state index in [1.807, 2.05) is 11.0 Å². The zero-order valence-electron chi connectivity index (χ0n) is 15.5. The van der Waals surface area contributed by atoms with Crippen LogP contribution in [0.15, 0.2) is 30.3 Å². The van der Waals surface area contributed by atoms with Gasteiger partial charge in [0.25, 0.3) is 0 Å². The second-order valence-electron chi connectivity index (χ2n) is 7.79. The number of benzene rings is 1. The van der Waals surface area contributed by atoms with E-state index in [0.29, 0.717) is 19.6 Å². The number of likely N-dealkylation sites (N-methyl/N-ethyl adjacent to an activating group) is 1. The number of carbonyl (C=O) groups excluding carboxylic acids is 2. The Hall–Kier alpha value is -1.88. The van der Waals surface area contributed by atoms with E-state index in [1.54, 1.807) is 0 Å². The monoisotopic (exact) mass is 356 g/mol. The first-order valence-electron chi connectivity index (χ1n) is 9.87. The molecule has 4 rings (SSSR count).